The lowest BCUT2D eigenvalue weighted by molar-refractivity contribution is 0.579. The Bertz CT molecular complexity index is 453. The van der Waals surface area contributed by atoms with Gasteiger partial charge in [-0.2, -0.15) is 0 Å². The molecule has 0 saturated heterocycles. The summed E-state index contributed by atoms with van der Waals surface area (Å²) in [6.45, 7) is 2.24. The number of sulfone groups is 1. The fraction of sp³-hybridized carbons (Fsp3) is 0.455. The fourth-order valence-electron chi connectivity index (χ4n) is 1.90. The minimum absolute atomic E-state index is 0.224. The van der Waals surface area contributed by atoms with Gasteiger partial charge in [-0.1, -0.05) is 25.1 Å². The van der Waals surface area contributed by atoms with Crippen LogP contribution in [-0.2, 0) is 16.3 Å². The lowest BCUT2D eigenvalue weighted by Crippen LogP contribution is -2.35. The summed E-state index contributed by atoms with van der Waals surface area (Å²) in [6.07, 6.45) is 0.638. The Morgan fingerprint density at radius 3 is 2.87 bits per heavy atom. The highest BCUT2D eigenvalue weighted by Gasteiger charge is 2.27. The first-order valence-electron chi connectivity index (χ1n) is 5.17. The number of nitrogens with one attached hydrogen (secondary N) is 1. The Hall–Kier alpha value is -1.03. The highest BCUT2D eigenvalue weighted by Crippen LogP contribution is 2.24. The molecule has 1 N–H and O–H groups in total. The van der Waals surface area contributed by atoms with Gasteiger partial charge in [-0.05, 0) is 18.1 Å². The fourth-order valence-corrected chi connectivity index (χ4v) is 3.14. The number of hydrogen-bond acceptors (Lipinski definition) is 3. The molecule has 0 saturated carbocycles. The molecule has 0 aromatic heterocycles. The summed E-state index contributed by atoms with van der Waals surface area (Å²) < 4.78 is 23.4. The molecule has 0 radical (unpaired) electrons. The van der Waals surface area contributed by atoms with Crippen molar-refractivity contribution in [2.45, 2.75) is 18.6 Å². The summed E-state index contributed by atoms with van der Waals surface area (Å²) in [5, 5.41) is 2.91. The van der Waals surface area contributed by atoms with Gasteiger partial charge in [-0.3, -0.25) is 0 Å². The molecule has 1 heterocycles. The first-order valence-corrected chi connectivity index (χ1v) is 6.88. The van der Waals surface area contributed by atoms with Gasteiger partial charge in [-0.25, -0.2) is 8.42 Å². The molecule has 3 nitrogen and oxygen atoms in total. The third-order valence-electron chi connectivity index (χ3n) is 2.90. The maximum absolute atomic E-state index is 11.7. The van der Waals surface area contributed by atoms with Crippen LogP contribution in [0.15, 0.2) is 24.3 Å². The molecule has 1 atom stereocenters. The van der Waals surface area contributed by atoms with Crippen LogP contribution in [0.3, 0.4) is 0 Å². The molecular weight excluding hydrogens is 210 g/mol. The maximum atomic E-state index is 11.7. The lowest BCUT2D eigenvalue weighted by atomic mass is 10.0. The van der Waals surface area contributed by atoms with Crippen molar-refractivity contribution in [3.05, 3.63) is 29.8 Å². The van der Waals surface area contributed by atoms with Gasteiger partial charge in [0.05, 0.1) is 5.25 Å². The molecule has 82 valence electrons. The van der Waals surface area contributed by atoms with Gasteiger partial charge in [0.1, 0.15) is 0 Å². The van der Waals surface area contributed by atoms with E-state index in [0.29, 0.717) is 13.0 Å². The predicted molar refractivity (Wildman–Crippen MR) is 61.9 cm³/mol. The summed E-state index contributed by atoms with van der Waals surface area (Å²) in [5.41, 5.74) is 2.17. The van der Waals surface area contributed by atoms with Crippen molar-refractivity contribution in [2.75, 3.05) is 17.6 Å². The molecule has 0 unspecified atom stereocenters. The standard InChI is InChI=1S/C11H15NO2S/c1-2-15(13,14)10-7-9-5-3-4-6-11(9)12-8-10/h3-6,10,12H,2,7-8H2,1H3/t10-/m1/s1. The van der Waals surface area contributed by atoms with Crippen molar-refractivity contribution in [3.63, 3.8) is 0 Å². The van der Waals surface area contributed by atoms with Crippen molar-refractivity contribution in [2.24, 2.45) is 0 Å². The van der Waals surface area contributed by atoms with Crippen LogP contribution in [0.25, 0.3) is 0 Å². The Morgan fingerprint density at radius 2 is 2.13 bits per heavy atom. The summed E-state index contributed by atoms with van der Waals surface area (Å²) >= 11 is 0. The van der Waals surface area contributed by atoms with E-state index in [0.717, 1.165) is 11.3 Å². The van der Waals surface area contributed by atoms with Gasteiger partial charge in [0, 0.05) is 18.0 Å². The van der Waals surface area contributed by atoms with E-state index in [1.165, 1.54) is 0 Å². The second kappa shape index (κ2) is 3.85. The topological polar surface area (TPSA) is 46.2 Å². The Balaban J connectivity index is 2.27. The Labute approximate surface area is 90.4 Å². The molecule has 0 bridgehead atoms. The minimum atomic E-state index is -2.93. The average molecular weight is 225 g/mol. The molecule has 1 aliphatic heterocycles. The smallest absolute Gasteiger partial charge is 0.154 e. The summed E-state index contributed by atoms with van der Waals surface area (Å²) in [5.74, 6) is 0.224. The maximum Gasteiger partial charge on any atom is 0.154 e. The van der Waals surface area contributed by atoms with E-state index in [9.17, 15) is 8.42 Å². The van der Waals surface area contributed by atoms with E-state index in [-0.39, 0.29) is 11.0 Å². The number of para-hydroxylation sites is 1. The number of fused-ring (bicyclic) bond motifs is 1. The van der Waals surface area contributed by atoms with E-state index < -0.39 is 9.84 Å². The van der Waals surface area contributed by atoms with E-state index in [1.54, 1.807) is 6.92 Å². The zero-order valence-electron chi connectivity index (χ0n) is 8.73. The van der Waals surface area contributed by atoms with Gasteiger partial charge < -0.3 is 5.32 Å². The van der Waals surface area contributed by atoms with Crippen molar-refractivity contribution in [3.8, 4) is 0 Å². The summed E-state index contributed by atoms with van der Waals surface area (Å²) in [7, 11) is -2.93. The van der Waals surface area contributed by atoms with Crippen LogP contribution in [0.5, 0.6) is 0 Å². The van der Waals surface area contributed by atoms with Crippen LogP contribution >= 0.6 is 0 Å². The van der Waals surface area contributed by atoms with Gasteiger partial charge in [-0.15, -0.1) is 0 Å². The normalized spacial score (nSPS) is 20.5. The molecule has 1 aliphatic rings. The molecule has 0 spiro atoms. The molecule has 0 fully saturated rings. The van der Waals surface area contributed by atoms with Gasteiger partial charge in [0.2, 0.25) is 0 Å². The van der Waals surface area contributed by atoms with Gasteiger partial charge >= 0.3 is 0 Å². The first-order chi connectivity index (χ1) is 7.13. The highest BCUT2D eigenvalue weighted by atomic mass is 32.2. The minimum Gasteiger partial charge on any atom is -0.384 e. The molecule has 4 heteroatoms. The molecule has 0 amide bonds. The largest absolute Gasteiger partial charge is 0.384 e. The van der Waals surface area contributed by atoms with Crippen LogP contribution in [0, 0.1) is 0 Å². The van der Waals surface area contributed by atoms with Gasteiger partial charge in [0.15, 0.2) is 9.84 Å². The second-order valence-corrected chi connectivity index (χ2v) is 6.39. The molecular formula is C11H15NO2S. The van der Waals surface area contributed by atoms with Gasteiger partial charge in [0.25, 0.3) is 0 Å². The zero-order valence-corrected chi connectivity index (χ0v) is 9.55. The van der Waals surface area contributed by atoms with Crippen LogP contribution < -0.4 is 5.32 Å². The van der Waals surface area contributed by atoms with Crippen LogP contribution in [0.1, 0.15) is 12.5 Å². The molecule has 15 heavy (non-hydrogen) atoms. The summed E-state index contributed by atoms with van der Waals surface area (Å²) in [6, 6.07) is 7.88. The monoisotopic (exact) mass is 225 g/mol. The zero-order chi connectivity index (χ0) is 10.9. The number of rotatable bonds is 2. The predicted octanol–water partition coefficient (Wildman–Crippen LogP) is 1.46. The van der Waals surface area contributed by atoms with E-state index in [4.69, 9.17) is 0 Å². The quantitative estimate of drug-likeness (QED) is 0.828. The SMILES string of the molecule is CCS(=O)(=O)[C@H]1CNc2ccccc2C1. The third kappa shape index (κ3) is 2.00. The molecule has 2 rings (SSSR count). The first kappa shape index (κ1) is 10.5. The molecule has 1 aromatic carbocycles. The van der Waals surface area contributed by atoms with Crippen molar-refractivity contribution in [1.82, 2.24) is 0 Å². The second-order valence-electron chi connectivity index (χ2n) is 3.82. The molecule has 1 aromatic rings. The van der Waals surface area contributed by atoms with Crippen LogP contribution in [-0.4, -0.2) is 26.0 Å². The molecule has 0 aliphatic carbocycles. The number of benzene rings is 1. The van der Waals surface area contributed by atoms with Crippen molar-refractivity contribution in [1.29, 1.82) is 0 Å². The van der Waals surface area contributed by atoms with Crippen molar-refractivity contribution < 1.29 is 8.42 Å². The van der Waals surface area contributed by atoms with Crippen molar-refractivity contribution >= 4 is 15.5 Å². The summed E-state index contributed by atoms with van der Waals surface area (Å²) in [4.78, 5) is 0. The number of hydrogen-bond donors (Lipinski definition) is 1. The Morgan fingerprint density at radius 1 is 1.40 bits per heavy atom. The third-order valence-corrected chi connectivity index (χ3v) is 5.05. The van der Waals surface area contributed by atoms with E-state index in [1.807, 2.05) is 24.3 Å². The van der Waals surface area contributed by atoms with E-state index in [2.05, 4.69) is 5.32 Å². The van der Waals surface area contributed by atoms with Crippen LogP contribution in [0.4, 0.5) is 5.69 Å². The van der Waals surface area contributed by atoms with Crippen LogP contribution in [0.2, 0.25) is 0 Å². The lowest BCUT2D eigenvalue weighted by Gasteiger charge is -2.25. The Kier molecular flexibility index (Phi) is 2.69. The number of anilines is 1. The average Bonchev–Trinajstić information content (AvgIpc) is 2.28. The van der Waals surface area contributed by atoms with E-state index >= 15 is 0 Å². The highest BCUT2D eigenvalue weighted by molar-refractivity contribution is 7.92.